The number of fused-ring (bicyclic) bond motifs is 5. The van der Waals surface area contributed by atoms with Crippen LogP contribution >= 0.6 is 0 Å². The Labute approximate surface area is 170 Å². The Balaban J connectivity index is 1.55. The maximum absolute atomic E-state index is 11.2. The molecule has 0 saturated heterocycles. The summed E-state index contributed by atoms with van der Waals surface area (Å²) in [6, 6.07) is 0. The van der Waals surface area contributed by atoms with Crippen molar-refractivity contribution in [2.45, 2.75) is 97.2 Å². The van der Waals surface area contributed by atoms with Gasteiger partial charge in [-0.1, -0.05) is 20.8 Å². The molecule has 0 aromatic heterocycles. The Morgan fingerprint density at radius 3 is 2.39 bits per heavy atom. The summed E-state index contributed by atoms with van der Waals surface area (Å²) >= 11 is 0. The number of carbonyl (C=O) groups is 1. The van der Waals surface area contributed by atoms with E-state index in [0.29, 0.717) is 35.5 Å². The van der Waals surface area contributed by atoms with Gasteiger partial charge in [0.15, 0.2) is 0 Å². The van der Waals surface area contributed by atoms with Gasteiger partial charge in [-0.3, -0.25) is 4.79 Å². The van der Waals surface area contributed by atoms with Crippen molar-refractivity contribution >= 4 is 5.97 Å². The van der Waals surface area contributed by atoms with Gasteiger partial charge in [0, 0.05) is 6.42 Å². The topological polar surface area (TPSA) is 77.8 Å². The molecular weight excluding hydrogens is 352 g/mol. The highest BCUT2D eigenvalue weighted by atomic mass is 16.4. The number of rotatable bonds is 4. The molecular formula is C24H40O4. The fourth-order valence-electron chi connectivity index (χ4n) is 8.73. The molecule has 0 radical (unpaired) electrons. The van der Waals surface area contributed by atoms with Crippen molar-refractivity contribution in [1.29, 1.82) is 0 Å². The lowest BCUT2D eigenvalue weighted by atomic mass is 9.43. The van der Waals surface area contributed by atoms with Crippen LogP contribution in [0.5, 0.6) is 0 Å². The summed E-state index contributed by atoms with van der Waals surface area (Å²) in [6.07, 6.45) is 9.19. The van der Waals surface area contributed by atoms with Crippen LogP contribution in [0.15, 0.2) is 0 Å². The van der Waals surface area contributed by atoms with Crippen molar-refractivity contribution in [2.24, 2.45) is 46.3 Å². The van der Waals surface area contributed by atoms with Gasteiger partial charge in [0.1, 0.15) is 0 Å². The van der Waals surface area contributed by atoms with Crippen molar-refractivity contribution in [3.8, 4) is 0 Å². The third-order valence-corrected chi connectivity index (χ3v) is 10.2. The van der Waals surface area contributed by atoms with Gasteiger partial charge in [-0.15, -0.1) is 0 Å². The molecule has 0 aromatic carbocycles. The molecule has 160 valence electrons. The van der Waals surface area contributed by atoms with Gasteiger partial charge in [-0.05, 0) is 104 Å². The van der Waals surface area contributed by atoms with E-state index in [1.54, 1.807) is 0 Å². The third-order valence-electron chi connectivity index (χ3n) is 10.2. The Kier molecular flexibility index (Phi) is 5.36. The van der Waals surface area contributed by atoms with Crippen LogP contribution in [0.1, 0.15) is 85.0 Å². The lowest BCUT2D eigenvalue weighted by Crippen LogP contribution is -2.58. The Morgan fingerprint density at radius 2 is 1.68 bits per heavy atom. The van der Waals surface area contributed by atoms with Crippen molar-refractivity contribution in [1.82, 2.24) is 0 Å². The first-order valence-electron chi connectivity index (χ1n) is 11.7. The van der Waals surface area contributed by atoms with Gasteiger partial charge < -0.3 is 15.3 Å². The molecule has 4 rings (SSSR count). The monoisotopic (exact) mass is 392 g/mol. The zero-order valence-electron chi connectivity index (χ0n) is 17.9. The number of aliphatic hydroxyl groups excluding tert-OH is 2. The molecule has 4 nitrogen and oxygen atoms in total. The van der Waals surface area contributed by atoms with Gasteiger partial charge >= 0.3 is 5.97 Å². The van der Waals surface area contributed by atoms with E-state index in [2.05, 4.69) is 20.8 Å². The summed E-state index contributed by atoms with van der Waals surface area (Å²) in [5.41, 5.74) is 0.523. The molecule has 0 heterocycles. The molecule has 10 atom stereocenters. The van der Waals surface area contributed by atoms with Crippen molar-refractivity contribution in [3.63, 3.8) is 0 Å². The first kappa shape index (κ1) is 20.7. The summed E-state index contributed by atoms with van der Waals surface area (Å²) in [4.78, 5) is 11.1. The molecule has 4 fully saturated rings. The number of hydrogen-bond donors (Lipinski definition) is 3. The van der Waals surface area contributed by atoms with E-state index >= 15 is 0 Å². The maximum Gasteiger partial charge on any atom is 0.303 e. The average molecular weight is 393 g/mol. The van der Waals surface area contributed by atoms with Crippen LogP contribution in [0.4, 0.5) is 0 Å². The van der Waals surface area contributed by atoms with E-state index < -0.39 is 5.97 Å². The Morgan fingerprint density at radius 1 is 1.00 bits per heavy atom. The molecule has 0 aliphatic heterocycles. The number of hydrogen-bond acceptors (Lipinski definition) is 3. The minimum atomic E-state index is -0.684. The molecule has 4 aliphatic rings. The lowest BCUT2D eigenvalue weighted by Gasteiger charge is -2.62. The fraction of sp³-hybridized carbons (Fsp3) is 0.958. The maximum atomic E-state index is 11.2. The van der Waals surface area contributed by atoms with E-state index in [1.807, 2.05) is 0 Å². The standard InChI is InChI=1S/C24H40O4/c1-14(4-7-21(27)28)17-5-6-18-22-19(9-11-24(17,18)3)23(2)10-8-16(25)12-15(23)13-20(22)26/h14-20,22,25-26H,4-13H2,1-3H3,(H,27,28)/t14-,15+,16-,17-,18+,19+,20+,22+,23+,24+/m1/s1. The van der Waals surface area contributed by atoms with E-state index in [4.69, 9.17) is 5.11 Å². The third kappa shape index (κ3) is 3.14. The minimum Gasteiger partial charge on any atom is -0.481 e. The number of aliphatic carboxylic acids is 1. The van der Waals surface area contributed by atoms with Crippen LogP contribution in [-0.2, 0) is 4.79 Å². The van der Waals surface area contributed by atoms with Gasteiger partial charge in [0.2, 0.25) is 0 Å². The SMILES string of the molecule is C[C@H](CCC(=O)O)[C@H]1CC[C@H]2[C@@H]3[C@@H](O)C[C@@H]4C[C@H](O)CC[C@]4(C)[C@H]3CC[C@@]12C. The van der Waals surface area contributed by atoms with Crippen LogP contribution in [0.25, 0.3) is 0 Å². The van der Waals surface area contributed by atoms with Gasteiger partial charge in [0.05, 0.1) is 12.2 Å². The summed E-state index contributed by atoms with van der Waals surface area (Å²) < 4.78 is 0. The Hall–Kier alpha value is -0.610. The zero-order chi connectivity index (χ0) is 20.3. The summed E-state index contributed by atoms with van der Waals surface area (Å²) in [5, 5.41) is 30.5. The van der Waals surface area contributed by atoms with Crippen LogP contribution in [0.3, 0.4) is 0 Å². The molecule has 0 aromatic rings. The predicted molar refractivity (Wildman–Crippen MR) is 109 cm³/mol. The quantitative estimate of drug-likeness (QED) is 0.659. The predicted octanol–water partition coefficient (Wildman–Crippen LogP) is 4.48. The second kappa shape index (κ2) is 7.27. The number of aliphatic hydroxyl groups is 2. The van der Waals surface area contributed by atoms with E-state index in [-0.39, 0.29) is 29.5 Å². The number of carboxylic acid groups (broad SMARTS) is 1. The molecule has 4 saturated carbocycles. The van der Waals surface area contributed by atoms with E-state index in [1.165, 1.54) is 25.7 Å². The Bertz CT molecular complexity index is 605. The largest absolute Gasteiger partial charge is 0.481 e. The smallest absolute Gasteiger partial charge is 0.303 e. The normalized spacial score (nSPS) is 51.7. The molecule has 0 unspecified atom stereocenters. The highest BCUT2D eigenvalue weighted by Gasteiger charge is 2.62. The van der Waals surface area contributed by atoms with Crippen LogP contribution in [-0.4, -0.2) is 33.5 Å². The molecule has 4 aliphatic carbocycles. The van der Waals surface area contributed by atoms with E-state index in [0.717, 1.165) is 32.1 Å². The van der Waals surface area contributed by atoms with Crippen molar-refractivity contribution in [2.75, 3.05) is 0 Å². The molecule has 4 heteroatoms. The van der Waals surface area contributed by atoms with Gasteiger partial charge in [-0.25, -0.2) is 0 Å². The van der Waals surface area contributed by atoms with Crippen LogP contribution in [0.2, 0.25) is 0 Å². The van der Waals surface area contributed by atoms with Crippen LogP contribution < -0.4 is 0 Å². The van der Waals surface area contributed by atoms with Gasteiger partial charge in [-0.2, -0.15) is 0 Å². The zero-order valence-corrected chi connectivity index (χ0v) is 17.9. The summed E-state index contributed by atoms with van der Waals surface area (Å²) in [5.74, 6) is 2.36. The first-order valence-corrected chi connectivity index (χ1v) is 11.7. The fourth-order valence-corrected chi connectivity index (χ4v) is 8.73. The minimum absolute atomic E-state index is 0.179. The molecule has 28 heavy (non-hydrogen) atoms. The second-order valence-corrected chi connectivity index (χ2v) is 11.4. The highest BCUT2D eigenvalue weighted by Crippen LogP contribution is 2.68. The van der Waals surface area contributed by atoms with Crippen LogP contribution in [0, 0.1) is 46.3 Å². The highest BCUT2D eigenvalue weighted by molar-refractivity contribution is 5.66. The van der Waals surface area contributed by atoms with Crippen molar-refractivity contribution < 1.29 is 20.1 Å². The average Bonchev–Trinajstić information content (AvgIpc) is 2.98. The molecule has 0 bridgehead atoms. The van der Waals surface area contributed by atoms with Crippen molar-refractivity contribution in [3.05, 3.63) is 0 Å². The molecule has 0 spiro atoms. The second-order valence-electron chi connectivity index (χ2n) is 11.4. The summed E-state index contributed by atoms with van der Waals surface area (Å²) in [7, 11) is 0. The number of carboxylic acids is 1. The summed E-state index contributed by atoms with van der Waals surface area (Å²) in [6.45, 7) is 7.16. The molecule has 3 N–H and O–H groups in total. The van der Waals surface area contributed by atoms with Gasteiger partial charge in [0.25, 0.3) is 0 Å². The first-order chi connectivity index (χ1) is 13.2. The molecule has 0 amide bonds. The van der Waals surface area contributed by atoms with E-state index in [9.17, 15) is 15.0 Å². The lowest BCUT2D eigenvalue weighted by molar-refractivity contribution is -0.174.